The molecule has 436 valence electrons. The molecule has 3 heterocycles. The Morgan fingerprint density at radius 2 is 1.23 bits per heavy atom. The summed E-state index contributed by atoms with van der Waals surface area (Å²) < 4.78 is 6.73. The molecule has 1 aliphatic carbocycles. The monoisotopic (exact) mass is 1130 g/mol. The minimum atomic E-state index is -0.170. The summed E-state index contributed by atoms with van der Waals surface area (Å²) >= 11 is 0. The van der Waals surface area contributed by atoms with Crippen molar-refractivity contribution in [2.75, 3.05) is 21.2 Å². The lowest BCUT2D eigenvalue weighted by Gasteiger charge is -2.45. The maximum atomic E-state index is 6.73. The van der Waals surface area contributed by atoms with Gasteiger partial charge in [0.2, 0.25) is 0 Å². The molecule has 3 aliphatic heterocycles. The molecule has 0 N–H and O–H groups in total. The number of allylic oxidation sites excluding steroid dienone is 8. The van der Waals surface area contributed by atoms with Gasteiger partial charge in [-0.1, -0.05) is 235 Å². The molecule has 0 saturated heterocycles. The van der Waals surface area contributed by atoms with Crippen LogP contribution in [0.5, 0.6) is 5.75 Å². The third-order valence-corrected chi connectivity index (χ3v) is 16.7. The lowest BCUT2D eigenvalue weighted by Crippen LogP contribution is -2.61. The number of fused-ring (bicyclic) bond motifs is 5. The second-order valence-electron chi connectivity index (χ2n) is 25.4. The van der Waals surface area contributed by atoms with Gasteiger partial charge < -0.3 is 19.4 Å². The maximum absolute atomic E-state index is 6.73. The fourth-order valence-electron chi connectivity index (χ4n) is 12.3. The fourth-order valence-corrected chi connectivity index (χ4v) is 12.3. The molecule has 0 bridgehead atoms. The van der Waals surface area contributed by atoms with Gasteiger partial charge in [-0.15, -0.1) is 12.8 Å². The van der Waals surface area contributed by atoms with E-state index >= 15 is 0 Å². The number of hydrogen-bond acceptors (Lipinski definition) is 4. The minimum Gasteiger partial charge on any atom is -0.461 e. The van der Waals surface area contributed by atoms with E-state index in [1.807, 2.05) is 27.7 Å². The zero-order valence-corrected chi connectivity index (χ0v) is 53.8. The predicted octanol–water partition coefficient (Wildman–Crippen LogP) is 20.6. The minimum absolute atomic E-state index is 0.0259. The van der Waals surface area contributed by atoms with Crippen LogP contribution in [0.4, 0.5) is 45.5 Å². The van der Waals surface area contributed by atoms with Crippen LogP contribution in [-0.2, 0) is 17.3 Å². The number of benzene rings is 8. The predicted molar refractivity (Wildman–Crippen MR) is 376 cm³/mol. The first-order valence-electron chi connectivity index (χ1n) is 31.1. The molecule has 0 spiro atoms. The highest BCUT2D eigenvalue weighted by atomic mass is 16.5. The van der Waals surface area contributed by atoms with Gasteiger partial charge in [0.25, 0.3) is 6.71 Å². The Hall–Kier alpha value is -8.72. The van der Waals surface area contributed by atoms with E-state index < -0.39 is 0 Å². The molecule has 8 aromatic carbocycles. The average Bonchev–Trinajstić information content (AvgIpc) is 0.722. The SMILES string of the molecule is C#C.C/C=C(\C=C(/CN(c1ccccc1)c1ccc2c(c1)N(c1cccc(-c3ccc4c(c3)OC3=C(C=CC=CC3)C4)c1)c1cc(C(C)(C)C)cc3c1B2c1cc(C)ccc1N3c1ccc(C(C)(C)C)cc1)c1ccccc1)C(C)(C)C.CC.CC. The van der Waals surface area contributed by atoms with Crippen molar-refractivity contribution in [3.63, 3.8) is 0 Å². The van der Waals surface area contributed by atoms with Crippen LogP contribution in [0.1, 0.15) is 131 Å². The lowest BCUT2D eigenvalue weighted by atomic mass is 9.33. The quantitative estimate of drug-likeness (QED) is 0.0814. The van der Waals surface area contributed by atoms with E-state index in [9.17, 15) is 0 Å². The maximum Gasteiger partial charge on any atom is 0.252 e. The Labute approximate surface area is 517 Å². The van der Waals surface area contributed by atoms with Crippen LogP contribution < -0.4 is 35.8 Å². The summed E-state index contributed by atoms with van der Waals surface area (Å²) in [6.07, 6.45) is 23.0. The molecule has 0 saturated carbocycles. The Bertz CT molecular complexity index is 3910. The van der Waals surface area contributed by atoms with E-state index in [0.29, 0.717) is 6.54 Å². The number of rotatable bonds is 9. The summed E-state index contributed by atoms with van der Waals surface area (Å²) in [5.74, 6) is 1.98. The van der Waals surface area contributed by atoms with E-state index in [0.717, 1.165) is 58.2 Å². The lowest BCUT2D eigenvalue weighted by molar-refractivity contribution is 0.395. The van der Waals surface area contributed by atoms with Crippen molar-refractivity contribution in [2.24, 2.45) is 5.41 Å². The van der Waals surface area contributed by atoms with Gasteiger partial charge in [-0.2, -0.15) is 0 Å². The summed E-state index contributed by atoms with van der Waals surface area (Å²) in [6, 6.07) is 66.7. The van der Waals surface area contributed by atoms with Crippen LogP contribution in [0.3, 0.4) is 0 Å². The van der Waals surface area contributed by atoms with Crippen LogP contribution in [-0.4, -0.2) is 13.3 Å². The van der Waals surface area contributed by atoms with Gasteiger partial charge in [-0.05, 0) is 169 Å². The smallest absolute Gasteiger partial charge is 0.252 e. The Morgan fingerprint density at radius 3 is 1.88 bits per heavy atom. The molecule has 4 nitrogen and oxygen atoms in total. The topological polar surface area (TPSA) is 19.0 Å². The number of ether oxygens (including phenoxy) is 1. The number of anilines is 8. The first-order chi connectivity index (χ1) is 41.4. The molecule has 8 aromatic rings. The van der Waals surface area contributed by atoms with Gasteiger partial charge >= 0.3 is 0 Å². The zero-order chi connectivity index (χ0) is 61.7. The van der Waals surface area contributed by atoms with Gasteiger partial charge in [0.15, 0.2) is 0 Å². The molecule has 0 aromatic heterocycles. The van der Waals surface area contributed by atoms with Crippen LogP contribution >= 0.6 is 0 Å². The van der Waals surface area contributed by atoms with Crippen molar-refractivity contribution in [2.45, 2.75) is 128 Å². The molecule has 86 heavy (non-hydrogen) atoms. The summed E-state index contributed by atoms with van der Waals surface area (Å²) in [4.78, 5) is 7.67. The van der Waals surface area contributed by atoms with E-state index in [1.165, 1.54) is 83.7 Å². The van der Waals surface area contributed by atoms with Crippen LogP contribution in [0.2, 0.25) is 0 Å². The molecular formula is C81H88BN3O. The largest absolute Gasteiger partial charge is 0.461 e. The standard InChI is InChI=1S/C75H74BN3O.2C2H6.C2H2/c1-12-57(73(3,4)5)43-56(51-23-16-13-17-24-51)49-77(60-27-19-15-20-28-60)62-38-39-64-67(48-62)79(63-29-22-26-52(44-63)53-32-33-55-42-54-25-18-14-21-30-70(54)80-71(55)45-53)69-47-59(75(9,10)11)46-68-72(69)76(64)65-41-50(2)31-40-66(65)78(68)61-36-34-58(35-37-61)74(6,7)8;3*1-2/h12-29,31-41,43-48H,30,42,49H2,1-11H3;2*1-2H3;1-2H/b56-43+,57-12+;;;. The third-order valence-electron chi connectivity index (χ3n) is 16.7. The van der Waals surface area contributed by atoms with Crippen molar-refractivity contribution in [3.8, 4) is 29.7 Å². The van der Waals surface area contributed by atoms with E-state index in [2.05, 4.69) is 316 Å². The van der Waals surface area contributed by atoms with Gasteiger partial charge in [0.1, 0.15) is 11.5 Å². The number of aryl methyl sites for hydroxylation is 1. The van der Waals surface area contributed by atoms with Gasteiger partial charge in [0.05, 0.1) is 0 Å². The van der Waals surface area contributed by atoms with Crippen molar-refractivity contribution >= 4 is 74.2 Å². The van der Waals surface area contributed by atoms with Gasteiger partial charge in [-0.25, -0.2) is 0 Å². The molecular weight excluding hydrogens is 1040 g/mol. The molecule has 4 aliphatic rings. The van der Waals surface area contributed by atoms with E-state index in [-0.39, 0.29) is 23.0 Å². The van der Waals surface area contributed by atoms with E-state index in [4.69, 9.17) is 4.74 Å². The third kappa shape index (κ3) is 12.5. The molecule has 5 heteroatoms. The highest BCUT2D eigenvalue weighted by Crippen LogP contribution is 2.48. The van der Waals surface area contributed by atoms with Crippen LogP contribution in [0.15, 0.2) is 229 Å². The first kappa shape index (κ1) is 61.8. The van der Waals surface area contributed by atoms with E-state index in [1.54, 1.807) is 0 Å². The van der Waals surface area contributed by atoms with Crippen molar-refractivity contribution in [1.82, 2.24) is 0 Å². The summed E-state index contributed by atoms with van der Waals surface area (Å²) in [5.41, 5.74) is 25.4. The van der Waals surface area contributed by atoms with Crippen LogP contribution in [0, 0.1) is 25.2 Å². The Balaban J connectivity index is 0.00000143. The second kappa shape index (κ2) is 25.9. The van der Waals surface area contributed by atoms with Crippen molar-refractivity contribution in [1.29, 1.82) is 0 Å². The fraction of sp³-hybridized carbons (Fsp3) is 0.259. The number of para-hydroxylation sites is 1. The first-order valence-corrected chi connectivity index (χ1v) is 31.1. The number of terminal acetylenes is 1. The molecule has 0 amide bonds. The normalized spacial score (nSPS) is 14.0. The van der Waals surface area contributed by atoms with Crippen LogP contribution in [0.25, 0.3) is 16.7 Å². The van der Waals surface area contributed by atoms with Gasteiger partial charge in [-0.3, -0.25) is 0 Å². The number of hydrogen-bond donors (Lipinski definition) is 0. The van der Waals surface area contributed by atoms with Crippen molar-refractivity contribution in [3.05, 3.63) is 257 Å². The summed E-state index contributed by atoms with van der Waals surface area (Å²) in [5, 5.41) is 0. The van der Waals surface area contributed by atoms with Crippen molar-refractivity contribution < 1.29 is 4.74 Å². The summed E-state index contributed by atoms with van der Waals surface area (Å²) in [7, 11) is 0. The zero-order valence-electron chi connectivity index (χ0n) is 53.8. The van der Waals surface area contributed by atoms with Gasteiger partial charge in [0, 0.05) is 64.9 Å². The Kier molecular flexibility index (Phi) is 18.6. The molecule has 0 unspecified atom stereocenters. The Morgan fingerprint density at radius 1 is 0.581 bits per heavy atom. The summed E-state index contributed by atoms with van der Waals surface area (Å²) in [6.45, 7) is 33.9. The molecule has 12 rings (SSSR count). The highest BCUT2D eigenvalue weighted by Gasteiger charge is 2.44. The molecule has 0 radical (unpaired) electrons. The highest BCUT2D eigenvalue weighted by molar-refractivity contribution is 7.00. The second-order valence-corrected chi connectivity index (χ2v) is 25.4. The average molecular weight is 1130 g/mol. The number of nitrogens with zero attached hydrogens (tertiary/aromatic N) is 3. The molecule has 0 atom stereocenters. The molecule has 0 fully saturated rings.